The second-order valence-corrected chi connectivity index (χ2v) is 9.22. The maximum atomic E-state index is 13.3. The van der Waals surface area contributed by atoms with Gasteiger partial charge in [0.15, 0.2) is 11.2 Å². The van der Waals surface area contributed by atoms with E-state index in [0.29, 0.717) is 35.6 Å². The molecule has 0 bridgehead atoms. The summed E-state index contributed by atoms with van der Waals surface area (Å²) in [6.07, 6.45) is 7.02. The summed E-state index contributed by atoms with van der Waals surface area (Å²) in [5, 5.41) is 0. The first kappa shape index (κ1) is 19.3. The van der Waals surface area contributed by atoms with Crippen molar-refractivity contribution in [3.05, 3.63) is 20.8 Å². The first-order chi connectivity index (χ1) is 13.4. The van der Waals surface area contributed by atoms with E-state index in [0.717, 1.165) is 25.5 Å². The lowest BCUT2D eigenvalue weighted by Gasteiger charge is -2.40. The predicted octanol–water partition coefficient (Wildman–Crippen LogP) is 2.73. The maximum absolute atomic E-state index is 13.3. The average molecular weight is 388 g/mol. The Kier molecular flexibility index (Phi) is 5.10. The highest BCUT2D eigenvalue weighted by atomic mass is 16.2. The number of hydrogen-bond donors (Lipinski definition) is 0. The fourth-order valence-electron chi connectivity index (χ4n) is 4.83. The molecule has 0 unspecified atom stereocenters. The smallest absolute Gasteiger partial charge is 0.332 e. The molecule has 1 aliphatic heterocycles. The third-order valence-corrected chi connectivity index (χ3v) is 6.42. The van der Waals surface area contributed by atoms with Gasteiger partial charge in [0, 0.05) is 32.7 Å². The van der Waals surface area contributed by atoms with Crippen molar-refractivity contribution < 1.29 is 0 Å². The molecule has 1 fully saturated rings. The minimum Gasteiger partial charge on any atom is -0.339 e. The van der Waals surface area contributed by atoms with Crippen LogP contribution in [0.25, 0.3) is 11.2 Å². The summed E-state index contributed by atoms with van der Waals surface area (Å²) in [5.74, 6) is 1.77. The summed E-state index contributed by atoms with van der Waals surface area (Å²) in [4.78, 5) is 33.4. The topological polar surface area (TPSA) is 65.1 Å². The lowest BCUT2D eigenvalue weighted by atomic mass is 9.93. The van der Waals surface area contributed by atoms with E-state index in [1.165, 1.54) is 36.7 Å². The molecule has 2 aromatic rings. The molecule has 1 saturated carbocycles. The monoisotopic (exact) mass is 387 g/mol. The molecule has 7 nitrogen and oxygen atoms in total. The van der Waals surface area contributed by atoms with Crippen molar-refractivity contribution in [2.45, 2.75) is 78.4 Å². The van der Waals surface area contributed by atoms with Crippen molar-refractivity contribution in [3.63, 3.8) is 0 Å². The molecule has 3 heterocycles. The standard InChI is InChI=1S/C21H33N5O2/c1-14(2)10-11-24-19(27)17-18(23(4)21(24)28)22-20-25(12-15(3)13-26(17)20)16-8-6-5-7-9-16/h14-16H,5-13H2,1-4H3/t15-/m0/s1. The summed E-state index contributed by atoms with van der Waals surface area (Å²) in [7, 11) is 1.74. The molecule has 1 aliphatic carbocycles. The van der Waals surface area contributed by atoms with Gasteiger partial charge in [0.1, 0.15) is 0 Å². The van der Waals surface area contributed by atoms with Gasteiger partial charge >= 0.3 is 5.69 Å². The summed E-state index contributed by atoms with van der Waals surface area (Å²) in [5.41, 5.74) is 0.676. The van der Waals surface area contributed by atoms with E-state index in [4.69, 9.17) is 4.98 Å². The summed E-state index contributed by atoms with van der Waals surface area (Å²) >= 11 is 0. The van der Waals surface area contributed by atoms with Crippen molar-refractivity contribution in [2.24, 2.45) is 18.9 Å². The van der Waals surface area contributed by atoms with Crippen LogP contribution in [0.4, 0.5) is 5.95 Å². The quantitative estimate of drug-likeness (QED) is 0.809. The number of rotatable bonds is 4. The Balaban J connectivity index is 1.87. The molecule has 0 spiro atoms. The Morgan fingerprint density at radius 1 is 1.11 bits per heavy atom. The number of fused-ring (bicyclic) bond motifs is 3. The van der Waals surface area contributed by atoms with E-state index in [1.54, 1.807) is 11.6 Å². The van der Waals surface area contributed by atoms with Crippen LogP contribution in [0.5, 0.6) is 0 Å². The molecule has 2 aliphatic rings. The highest BCUT2D eigenvalue weighted by Crippen LogP contribution is 2.32. The van der Waals surface area contributed by atoms with Gasteiger partial charge in [-0.25, -0.2) is 4.79 Å². The van der Waals surface area contributed by atoms with Gasteiger partial charge in [-0.3, -0.25) is 13.9 Å². The van der Waals surface area contributed by atoms with Crippen LogP contribution in [-0.4, -0.2) is 31.3 Å². The lowest BCUT2D eigenvalue weighted by molar-refractivity contribution is 0.354. The fourth-order valence-corrected chi connectivity index (χ4v) is 4.83. The van der Waals surface area contributed by atoms with Crippen molar-refractivity contribution >= 4 is 17.1 Å². The van der Waals surface area contributed by atoms with Crippen molar-refractivity contribution in [2.75, 3.05) is 11.4 Å². The maximum Gasteiger partial charge on any atom is 0.332 e. The SMILES string of the molecule is CC(C)CCn1c(=O)c2c(nc3n2C[C@@H](C)CN3C2CCCCC2)n(C)c1=O. The second-order valence-electron chi connectivity index (χ2n) is 9.22. The number of aryl methyl sites for hydroxylation is 1. The molecule has 0 radical (unpaired) electrons. The molecular weight excluding hydrogens is 354 g/mol. The zero-order valence-electron chi connectivity index (χ0n) is 17.6. The molecule has 2 aromatic heterocycles. The molecule has 1 atom stereocenters. The second kappa shape index (κ2) is 7.41. The Hall–Kier alpha value is -2.05. The van der Waals surface area contributed by atoms with E-state index in [1.807, 2.05) is 0 Å². The first-order valence-electron chi connectivity index (χ1n) is 10.8. The Labute approximate surface area is 166 Å². The summed E-state index contributed by atoms with van der Waals surface area (Å²) in [6, 6.07) is 0.493. The molecule has 0 N–H and O–H groups in total. The molecule has 0 aromatic carbocycles. The van der Waals surface area contributed by atoms with E-state index >= 15 is 0 Å². The third kappa shape index (κ3) is 3.18. The van der Waals surface area contributed by atoms with Gasteiger partial charge < -0.3 is 9.47 Å². The van der Waals surface area contributed by atoms with Crippen LogP contribution < -0.4 is 16.1 Å². The minimum absolute atomic E-state index is 0.185. The largest absolute Gasteiger partial charge is 0.339 e. The van der Waals surface area contributed by atoms with Crippen LogP contribution in [0.2, 0.25) is 0 Å². The zero-order chi connectivity index (χ0) is 20.0. The molecular formula is C21H33N5O2. The van der Waals surface area contributed by atoms with Crippen LogP contribution >= 0.6 is 0 Å². The number of nitrogens with zero attached hydrogens (tertiary/aromatic N) is 5. The number of hydrogen-bond acceptors (Lipinski definition) is 4. The fraction of sp³-hybridized carbons (Fsp3) is 0.762. The van der Waals surface area contributed by atoms with Crippen molar-refractivity contribution in [1.29, 1.82) is 0 Å². The highest BCUT2D eigenvalue weighted by molar-refractivity contribution is 5.75. The van der Waals surface area contributed by atoms with Crippen molar-refractivity contribution in [1.82, 2.24) is 18.7 Å². The number of imidazole rings is 1. The summed E-state index contributed by atoms with van der Waals surface area (Å²) < 4.78 is 5.05. The average Bonchev–Trinajstić information content (AvgIpc) is 3.05. The third-order valence-electron chi connectivity index (χ3n) is 6.42. The van der Waals surface area contributed by atoms with Crippen LogP contribution in [0.3, 0.4) is 0 Å². The Bertz CT molecular complexity index is 977. The zero-order valence-corrected chi connectivity index (χ0v) is 17.6. The van der Waals surface area contributed by atoms with E-state index in [2.05, 4.69) is 30.2 Å². The minimum atomic E-state index is -0.258. The van der Waals surface area contributed by atoms with E-state index < -0.39 is 0 Å². The molecule has 28 heavy (non-hydrogen) atoms. The van der Waals surface area contributed by atoms with E-state index in [-0.39, 0.29) is 11.2 Å². The highest BCUT2D eigenvalue weighted by Gasteiger charge is 2.33. The van der Waals surface area contributed by atoms with Crippen LogP contribution in [-0.2, 0) is 20.1 Å². The Morgan fingerprint density at radius 3 is 2.50 bits per heavy atom. The Morgan fingerprint density at radius 2 is 1.82 bits per heavy atom. The van der Waals surface area contributed by atoms with Gasteiger partial charge in [-0.15, -0.1) is 0 Å². The van der Waals surface area contributed by atoms with Crippen molar-refractivity contribution in [3.8, 4) is 0 Å². The number of anilines is 1. The normalized spacial score (nSPS) is 20.9. The predicted molar refractivity (Wildman–Crippen MR) is 112 cm³/mol. The van der Waals surface area contributed by atoms with E-state index in [9.17, 15) is 9.59 Å². The van der Waals surface area contributed by atoms with Gasteiger partial charge in [-0.1, -0.05) is 40.0 Å². The van der Waals surface area contributed by atoms with Gasteiger partial charge in [-0.2, -0.15) is 4.98 Å². The molecule has 7 heteroatoms. The summed E-state index contributed by atoms with van der Waals surface area (Å²) in [6.45, 7) is 8.68. The van der Waals surface area contributed by atoms with Gasteiger partial charge in [-0.05, 0) is 31.1 Å². The van der Waals surface area contributed by atoms with Crippen LogP contribution in [0, 0.1) is 11.8 Å². The lowest BCUT2D eigenvalue weighted by Crippen LogP contribution is -2.45. The van der Waals surface area contributed by atoms with Gasteiger partial charge in [0.05, 0.1) is 0 Å². The van der Waals surface area contributed by atoms with Crippen LogP contribution in [0.15, 0.2) is 9.59 Å². The number of aromatic nitrogens is 4. The van der Waals surface area contributed by atoms with Gasteiger partial charge in [0.2, 0.25) is 5.95 Å². The first-order valence-corrected chi connectivity index (χ1v) is 10.8. The molecule has 154 valence electrons. The molecule has 4 rings (SSSR count). The van der Waals surface area contributed by atoms with Crippen LogP contribution in [0.1, 0.15) is 59.3 Å². The molecule has 0 saturated heterocycles. The van der Waals surface area contributed by atoms with Gasteiger partial charge in [0.25, 0.3) is 5.56 Å². The molecule has 0 amide bonds.